The molecule has 0 amide bonds. The van der Waals surface area contributed by atoms with Crippen LogP contribution in [-0.2, 0) is 22.2 Å². The van der Waals surface area contributed by atoms with Gasteiger partial charge in [0.2, 0.25) is 0 Å². The van der Waals surface area contributed by atoms with E-state index in [1.165, 1.54) is 6.92 Å². The van der Waals surface area contributed by atoms with Gasteiger partial charge >= 0.3 is 58.3 Å². The Hall–Kier alpha value is -0.284. The Bertz CT molecular complexity index is 160. The molecule has 9 heavy (non-hydrogen) atoms. The molecule has 0 saturated heterocycles. The normalized spacial score (nSPS) is 10.7. The van der Waals surface area contributed by atoms with Crippen LogP contribution in [0.2, 0.25) is 5.86 Å². The molecule has 0 spiro atoms. The quantitative estimate of drug-likeness (QED) is 0.647. The van der Waals surface area contributed by atoms with E-state index in [4.69, 9.17) is 0 Å². The first-order valence-corrected chi connectivity index (χ1v) is 4.39. The second-order valence-corrected chi connectivity index (χ2v) is 3.63. The van der Waals surface area contributed by atoms with E-state index < -0.39 is 13.6 Å². The van der Waals surface area contributed by atoms with Crippen molar-refractivity contribution in [2.75, 3.05) is 0 Å². The van der Waals surface area contributed by atoms with Crippen molar-refractivity contribution in [1.29, 1.82) is 0 Å². The summed E-state index contributed by atoms with van der Waals surface area (Å²) in [6.07, 6.45) is 0.255. The fraction of sp³-hybridized carbons (Fsp3) is 0.500. The van der Waals surface area contributed by atoms with Crippen molar-refractivity contribution in [2.45, 2.75) is 19.2 Å². The van der Waals surface area contributed by atoms with Gasteiger partial charge in [-0.3, -0.25) is 0 Å². The number of hydrogen-bond acceptors (Lipinski definition) is 2. The molecule has 0 N–H and O–H groups in total. The molecule has 0 heterocycles. The van der Waals surface area contributed by atoms with Crippen LogP contribution >= 0.6 is 0 Å². The number of carbonyl (C=O) groups is 1. The molecule has 0 unspecified atom stereocenters. The average Bonchev–Trinajstić information content (AvgIpc) is 1.63. The summed E-state index contributed by atoms with van der Waals surface area (Å²) in [5, 5.41) is 0. The molecule has 0 aromatic rings. The van der Waals surface area contributed by atoms with E-state index in [1.807, 2.05) is 0 Å². The van der Waals surface area contributed by atoms with Gasteiger partial charge < -0.3 is 0 Å². The summed E-state index contributed by atoms with van der Waals surface area (Å²) in [5.74, 6) is 1.57. The van der Waals surface area contributed by atoms with Crippen LogP contribution in [0.5, 0.6) is 0 Å². The monoisotopic (exact) mass is 173 g/mol. The molecule has 0 aromatic carbocycles. The zero-order valence-electron chi connectivity index (χ0n) is 5.56. The zero-order valence-corrected chi connectivity index (χ0v) is 6.61. The van der Waals surface area contributed by atoms with Crippen LogP contribution in [0, 0.1) is 0 Å². The maximum atomic E-state index is 10.6. The van der Waals surface area contributed by atoms with E-state index in [0.29, 0.717) is 4.51 Å². The molecule has 0 bridgehead atoms. The molecule has 3 heteroatoms. The van der Waals surface area contributed by atoms with Crippen molar-refractivity contribution in [3.8, 4) is 0 Å². The maximum absolute atomic E-state index is 10.6. The van der Waals surface area contributed by atoms with E-state index in [0.717, 1.165) is 0 Å². The second kappa shape index (κ2) is 3.69. The van der Waals surface area contributed by atoms with Crippen LogP contribution in [0.25, 0.3) is 0 Å². The van der Waals surface area contributed by atoms with E-state index in [-0.39, 0.29) is 12.2 Å². The van der Waals surface area contributed by atoms with Crippen molar-refractivity contribution >= 4 is 5.78 Å². The molecule has 0 fully saturated rings. The Labute approximate surface area is 58.9 Å². The number of Topliss-reactive ketones (excluding diaryl/α,β-unsaturated/α-hetero) is 1. The molecule has 0 saturated carbocycles. The molecule has 0 radical (unpaired) electrons. The Morgan fingerprint density at radius 2 is 2.11 bits per heavy atom. The topological polar surface area (TPSA) is 34.1 Å². The first kappa shape index (κ1) is 8.72. The summed E-state index contributed by atoms with van der Waals surface area (Å²) < 4.78 is 11.1. The third-order valence-electron chi connectivity index (χ3n) is 0.765. The summed E-state index contributed by atoms with van der Waals surface area (Å²) in [4.78, 5) is 10.4. The average molecular weight is 173 g/mol. The summed E-state index contributed by atoms with van der Waals surface area (Å²) >= 11 is -1.34. The Morgan fingerprint density at radius 1 is 1.67 bits per heavy atom. The van der Waals surface area contributed by atoms with Gasteiger partial charge in [0.1, 0.15) is 0 Å². The Morgan fingerprint density at radius 3 is 2.22 bits per heavy atom. The van der Waals surface area contributed by atoms with Crippen LogP contribution in [0.4, 0.5) is 0 Å². The van der Waals surface area contributed by atoms with E-state index in [9.17, 15) is 8.66 Å². The molecule has 2 nitrogen and oxygen atoms in total. The molecular weight excluding hydrogens is 163 g/mol. The Kier molecular flexibility index (Phi) is 3.57. The molecule has 55 valence electrons. The van der Waals surface area contributed by atoms with E-state index in [2.05, 4.69) is 6.58 Å². The van der Waals surface area contributed by atoms with Gasteiger partial charge in [-0.15, -0.1) is 0 Å². The minimum absolute atomic E-state index is 0.0181. The van der Waals surface area contributed by atoms with Gasteiger partial charge in [-0.25, -0.2) is 0 Å². The van der Waals surface area contributed by atoms with Crippen molar-refractivity contribution in [3.63, 3.8) is 0 Å². The fourth-order valence-corrected chi connectivity index (χ4v) is 0.860. The fourth-order valence-electron chi connectivity index (χ4n) is 0.342. The predicted octanol–water partition coefficient (Wildman–Crippen LogP) is 1.49. The van der Waals surface area contributed by atoms with Crippen molar-refractivity contribution < 1.29 is 22.2 Å². The van der Waals surface area contributed by atoms with Gasteiger partial charge in [-0.1, -0.05) is 0 Å². The van der Waals surface area contributed by atoms with Gasteiger partial charge in [0, 0.05) is 0 Å². The van der Waals surface area contributed by atoms with Gasteiger partial charge in [0.15, 0.2) is 0 Å². The predicted molar refractivity (Wildman–Crippen MR) is 31.0 cm³/mol. The molecule has 0 aliphatic carbocycles. The SMILES string of the molecule is C=[C](CC(C)=O)[Co]([CH3])=[O]. The van der Waals surface area contributed by atoms with Gasteiger partial charge in [-0.05, 0) is 0 Å². The number of ketones is 1. The van der Waals surface area contributed by atoms with Crippen LogP contribution in [-0.4, -0.2) is 5.78 Å². The van der Waals surface area contributed by atoms with Crippen LogP contribution < -0.4 is 0 Å². The molecule has 0 aliphatic rings. The van der Waals surface area contributed by atoms with E-state index >= 15 is 0 Å². The third-order valence-corrected chi connectivity index (χ3v) is 1.99. The van der Waals surface area contributed by atoms with Crippen LogP contribution in [0.1, 0.15) is 13.3 Å². The van der Waals surface area contributed by atoms with Crippen LogP contribution in [0.3, 0.4) is 0 Å². The molecule has 0 aliphatic heterocycles. The Balaban J connectivity index is 3.79. The van der Waals surface area contributed by atoms with Gasteiger partial charge in [-0.2, -0.15) is 0 Å². The molecule has 0 aromatic heterocycles. The van der Waals surface area contributed by atoms with Gasteiger partial charge in [0.25, 0.3) is 0 Å². The summed E-state index contributed by atoms with van der Waals surface area (Å²) in [6.45, 7) is 4.95. The molecule has 0 rings (SSSR count). The summed E-state index contributed by atoms with van der Waals surface area (Å²) in [7, 11) is 0. The second-order valence-electron chi connectivity index (χ2n) is 1.74. The van der Waals surface area contributed by atoms with Crippen molar-refractivity contribution in [2.24, 2.45) is 0 Å². The third kappa shape index (κ3) is 4.23. The van der Waals surface area contributed by atoms with Crippen molar-refractivity contribution in [3.05, 3.63) is 11.1 Å². The first-order chi connectivity index (χ1) is 4.04. The number of rotatable bonds is 3. The number of carbonyl (C=O) groups excluding carboxylic acids is 1. The standard InChI is InChI=1S/C5H7O.CH3.Co.O/c1-3-4-5(2)6;;;/h1,4H2,2H3;1H3;;. The first-order valence-electron chi connectivity index (χ1n) is 2.40. The van der Waals surface area contributed by atoms with Crippen LogP contribution in [0.15, 0.2) is 11.1 Å². The summed E-state index contributed by atoms with van der Waals surface area (Å²) in [6, 6.07) is 0. The van der Waals surface area contributed by atoms with E-state index in [1.54, 1.807) is 5.86 Å². The number of allylic oxidation sites excluding steroid dienone is 1. The van der Waals surface area contributed by atoms with Gasteiger partial charge in [0.05, 0.1) is 0 Å². The minimum atomic E-state index is -1.34. The summed E-state index contributed by atoms with van der Waals surface area (Å²) in [5.41, 5.74) is 0. The molecule has 0 atom stereocenters. The number of hydrogen-bond donors (Lipinski definition) is 0. The van der Waals surface area contributed by atoms with Crippen molar-refractivity contribution in [1.82, 2.24) is 0 Å². The zero-order chi connectivity index (χ0) is 7.44. The molecular formula is C6H10CoO2.